The van der Waals surface area contributed by atoms with Crippen molar-refractivity contribution in [1.29, 1.82) is 0 Å². The smallest absolute Gasteiger partial charge is 0.252 e. The Morgan fingerprint density at radius 3 is 2.43 bits per heavy atom. The maximum absolute atomic E-state index is 12.4. The second kappa shape index (κ2) is 9.70. The molecule has 0 fully saturated rings. The molecule has 0 unspecified atom stereocenters. The van der Waals surface area contributed by atoms with Crippen molar-refractivity contribution in [2.45, 2.75) is 32.6 Å². The summed E-state index contributed by atoms with van der Waals surface area (Å²) in [5, 5.41) is 6.29. The highest BCUT2D eigenvalue weighted by Crippen LogP contribution is 2.20. The molecule has 4 heteroatoms. The summed E-state index contributed by atoms with van der Waals surface area (Å²) in [4.78, 5) is 16.6. The van der Waals surface area contributed by atoms with Crippen LogP contribution in [0.1, 0.15) is 47.7 Å². The predicted molar refractivity (Wildman–Crippen MR) is 115 cm³/mol. The van der Waals surface area contributed by atoms with E-state index in [9.17, 15) is 4.79 Å². The molecule has 2 aromatic carbocycles. The number of aryl methyl sites for hydroxylation is 1. The van der Waals surface area contributed by atoms with Gasteiger partial charge in [-0.1, -0.05) is 56.3 Å². The molecule has 1 aromatic heterocycles. The monoisotopic (exact) mass is 373 g/mol. The van der Waals surface area contributed by atoms with E-state index in [2.05, 4.69) is 53.7 Å². The van der Waals surface area contributed by atoms with E-state index in [0.717, 1.165) is 24.2 Å². The molecule has 0 spiro atoms. The van der Waals surface area contributed by atoms with E-state index in [-0.39, 0.29) is 5.91 Å². The van der Waals surface area contributed by atoms with Crippen LogP contribution in [0, 0.1) is 0 Å². The first-order valence-corrected chi connectivity index (χ1v) is 9.76. The molecule has 0 radical (unpaired) electrons. The zero-order valence-corrected chi connectivity index (χ0v) is 16.5. The van der Waals surface area contributed by atoms with Gasteiger partial charge in [0.1, 0.15) is 0 Å². The number of hydrogen-bond acceptors (Lipinski definition) is 3. The highest BCUT2D eigenvalue weighted by molar-refractivity contribution is 5.94. The average molecular weight is 374 g/mol. The third-order valence-electron chi connectivity index (χ3n) is 4.64. The van der Waals surface area contributed by atoms with E-state index < -0.39 is 0 Å². The molecule has 0 aliphatic heterocycles. The normalized spacial score (nSPS) is 10.7. The number of nitrogens with one attached hydrogen (secondary N) is 2. The van der Waals surface area contributed by atoms with Crippen molar-refractivity contribution in [2.75, 3.05) is 11.9 Å². The third kappa shape index (κ3) is 5.68. The minimum absolute atomic E-state index is 0.0978. The van der Waals surface area contributed by atoms with Crippen LogP contribution in [0.4, 0.5) is 11.4 Å². The first-order chi connectivity index (χ1) is 13.6. The van der Waals surface area contributed by atoms with Crippen molar-refractivity contribution in [2.24, 2.45) is 0 Å². The van der Waals surface area contributed by atoms with Gasteiger partial charge in [0.05, 0.1) is 17.4 Å². The van der Waals surface area contributed by atoms with Gasteiger partial charge in [-0.15, -0.1) is 0 Å². The van der Waals surface area contributed by atoms with Gasteiger partial charge in [-0.25, -0.2) is 0 Å². The molecule has 0 bridgehead atoms. The maximum atomic E-state index is 12.4. The highest BCUT2D eigenvalue weighted by atomic mass is 16.1. The van der Waals surface area contributed by atoms with Gasteiger partial charge in [-0.2, -0.15) is 0 Å². The summed E-state index contributed by atoms with van der Waals surface area (Å²) >= 11 is 0. The molecular formula is C24H27N3O. The minimum Gasteiger partial charge on any atom is -0.354 e. The van der Waals surface area contributed by atoms with E-state index in [4.69, 9.17) is 0 Å². The molecule has 0 atom stereocenters. The van der Waals surface area contributed by atoms with Crippen LogP contribution in [0.15, 0.2) is 73.1 Å². The Labute approximate surface area is 167 Å². The van der Waals surface area contributed by atoms with E-state index in [1.165, 1.54) is 11.1 Å². The van der Waals surface area contributed by atoms with Crippen molar-refractivity contribution >= 4 is 17.3 Å². The summed E-state index contributed by atoms with van der Waals surface area (Å²) in [7, 11) is 0. The molecule has 28 heavy (non-hydrogen) atoms. The summed E-state index contributed by atoms with van der Waals surface area (Å²) in [5.74, 6) is 0.406. The number of pyridine rings is 1. The van der Waals surface area contributed by atoms with Crippen LogP contribution < -0.4 is 10.6 Å². The first kappa shape index (κ1) is 19.6. The predicted octanol–water partition coefficient (Wildman–Crippen LogP) is 5.31. The molecular weight excluding hydrogens is 346 g/mol. The number of carbonyl (C=O) groups excluding carboxylic acids is 1. The van der Waals surface area contributed by atoms with E-state index in [0.29, 0.717) is 18.0 Å². The van der Waals surface area contributed by atoms with Crippen molar-refractivity contribution in [3.8, 4) is 0 Å². The number of aromatic nitrogens is 1. The fourth-order valence-corrected chi connectivity index (χ4v) is 2.99. The fourth-order valence-electron chi connectivity index (χ4n) is 2.99. The van der Waals surface area contributed by atoms with Crippen LogP contribution >= 0.6 is 0 Å². The third-order valence-corrected chi connectivity index (χ3v) is 4.64. The Balaban J connectivity index is 1.52. The second-order valence-electron chi connectivity index (χ2n) is 7.21. The van der Waals surface area contributed by atoms with Crippen molar-refractivity contribution in [1.82, 2.24) is 10.3 Å². The lowest BCUT2D eigenvalue weighted by atomic mass is 10.0. The van der Waals surface area contributed by atoms with Crippen molar-refractivity contribution < 1.29 is 4.79 Å². The molecule has 3 aromatic rings. The summed E-state index contributed by atoms with van der Waals surface area (Å²) < 4.78 is 0. The quantitative estimate of drug-likeness (QED) is 0.526. The summed E-state index contributed by atoms with van der Waals surface area (Å²) in [6.07, 6.45) is 5.18. The molecule has 0 saturated carbocycles. The topological polar surface area (TPSA) is 54.0 Å². The lowest BCUT2D eigenvalue weighted by Crippen LogP contribution is -2.25. The van der Waals surface area contributed by atoms with Crippen LogP contribution in [-0.4, -0.2) is 17.4 Å². The fraction of sp³-hybridized carbons (Fsp3) is 0.250. The summed E-state index contributed by atoms with van der Waals surface area (Å²) in [5.41, 5.74) is 4.92. The molecule has 0 saturated heterocycles. The van der Waals surface area contributed by atoms with Crippen LogP contribution in [0.25, 0.3) is 0 Å². The Hall–Kier alpha value is -3.14. The molecule has 1 amide bonds. The number of amides is 1. The Morgan fingerprint density at radius 1 is 0.964 bits per heavy atom. The number of nitrogens with zero attached hydrogens (tertiary/aromatic N) is 1. The van der Waals surface area contributed by atoms with Crippen LogP contribution in [-0.2, 0) is 6.42 Å². The van der Waals surface area contributed by atoms with Crippen LogP contribution in [0.5, 0.6) is 0 Å². The van der Waals surface area contributed by atoms with Gasteiger partial charge in [0.2, 0.25) is 0 Å². The summed E-state index contributed by atoms with van der Waals surface area (Å²) in [6, 6.07) is 20.4. The lowest BCUT2D eigenvalue weighted by Gasteiger charge is -2.10. The molecule has 3 rings (SSSR count). The van der Waals surface area contributed by atoms with Crippen molar-refractivity contribution in [3.05, 3.63) is 89.7 Å². The summed E-state index contributed by atoms with van der Waals surface area (Å²) in [6.45, 7) is 4.99. The van der Waals surface area contributed by atoms with E-state index in [1.54, 1.807) is 12.4 Å². The molecule has 2 N–H and O–H groups in total. The van der Waals surface area contributed by atoms with Crippen LogP contribution in [0.3, 0.4) is 0 Å². The number of benzene rings is 2. The van der Waals surface area contributed by atoms with Gasteiger partial charge in [-0.3, -0.25) is 9.78 Å². The highest BCUT2D eigenvalue weighted by Gasteiger charge is 2.07. The number of hydrogen-bond donors (Lipinski definition) is 2. The Bertz CT molecular complexity index is 889. The molecule has 144 valence electrons. The standard InChI is InChI=1S/C24H27N3O/c1-18(2)20-10-12-22(13-11-20)27-23-15-21(16-25-17-23)24(28)26-14-6-9-19-7-4-3-5-8-19/h3-5,7-8,10-13,15-18,27H,6,9,14H2,1-2H3,(H,26,28). The first-order valence-electron chi connectivity index (χ1n) is 9.76. The average Bonchev–Trinajstić information content (AvgIpc) is 2.72. The zero-order valence-electron chi connectivity index (χ0n) is 16.5. The lowest BCUT2D eigenvalue weighted by molar-refractivity contribution is 0.0953. The van der Waals surface area contributed by atoms with Gasteiger partial charge in [0.25, 0.3) is 5.91 Å². The SMILES string of the molecule is CC(C)c1ccc(Nc2cncc(C(=O)NCCCc3ccccc3)c2)cc1. The van der Waals surface area contributed by atoms with Gasteiger partial charge < -0.3 is 10.6 Å². The van der Waals surface area contributed by atoms with E-state index >= 15 is 0 Å². The Morgan fingerprint density at radius 2 is 1.71 bits per heavy atom. The maximum Gasteiger partial charge on any atom is 0.252 e. The Kier molecular flexibility index (Phi) is 6.79. The molecule has 0 aliphatic carbocycles. The van der Waals surface area contributed by atoms with Gasteiger partial charge >= 0.3 is 0 Å². The largest absolute Gasteiger partial charge is 0.354 e. The number of carbonyl (C=O) groups is 1. The van der Waals surface area contributed by atoms with Crippen molar-refractivity contribution in [3.63, 3.8) is 0 Å². The zero-order chi connectivity index (χ0) is 19.8. The minimum atomic E-state index is -0.0978. The molecule has 1 heterocycles. The second-order valence-corrected chi connectivity index (χ2v) is 7.21. The van der Waals surface area contributed by atoms with Gasteiger partial charge in [0.15, 0.2) is 0 Å². The number of anilines is 2. The number of rotatable bonds is 8. The van der Waals surface area contributed by atoms with Gasteiger partial charge in [0, 0.05) is 18.4 Å². The van der Waals surface area contributed by atoms with Crippen LogP contribution in [0.2, 0.25) is 0 Å². The van der Waals surface area contributed by atoms with Gasteiger partial charge in [-0.05, 0) is 48.1 Å². The molecule has 0 aliphatic rings. The van der Waals surface area contributed by atoms with E-state index in [1.807, 2.05) is 36.4 Å². The molecule has 4 nitrogen and oxygen atoms in total.